The molecule has 4 heteroatoms. The van der Waals surface area contributed by atoms with Crippen LogP contribution in [-0.4, -0.2) is 31.5 Å². The lowest BCUT2D eigenvalue weighted by Crippen LogP contribution is -2.29. The molecule has 1 atom stereocenters. The van der Waals surface area contributed by atoms with Crippen LogP contribution in [0.5, 0.6) is 0 Å². The largest absolute Gasteiger partial charge is 0.389 e. The lowest BCUT2D eigenvalue weighted by Gasteiger charge is -2.11. The molecule has 0 spiro atoms. The van der Waals surface area contributed by atoms with Crippen molar-refractivity contribution in [2.24, 2.45) is 0 Å². The number of nitrogens with one attached hydrogen (secondary N) is 1. The Labute approximate surface area is 105 Å². The molecule has 0 fully saturated rings. The average Bonchev–Trinajstić information content (AvgIpc) is 2.22. The van der Waals surface area contributed by atoms with Gasteiger partial charge in [0.15, 0.2) is 0 Å². The molecule has 0 saturated heterocycles. The molecule has 0 aliphatic heterocycles. The van der Waals surface area contributed by atoms with E-state index in [1.54, 1.807) is 7.11 Å². The molecule has 1 aromatic carbocycles. The fourth-order valence-corrected chi connectivity index (χ4v) is 2.05. The van der Waals surface area contributed by atoms with E-state index in [1.807, 2.05) is 0 Å². The Bertz CT molecular complexity index is 331. The van der Waals surface area contributed by atoms with Gasteiger partial charge < -0.3 is 15.2 Å². The van der Waals surface area contributed by atoms with Gasteiger partial charge >= 0.3 is 0 Å². The van der Waals surface area contributed by atoms with Crippen LogP contribution in [0, 0.1) is 6.92 Å². The van der Waals surface area contributed by atoms with Gasteiger partial charge in [-0.05, 0) is 24.1 Å². The van der Waals surface area contributed by atoms with Gasteiger partial charge in [-0.15, -0.1) is 0 Å². The molecule has 0 radical (unpaired) electrons. The summed E-state index contributed by atoms with van der Waals surface area (Å²) in [7, 11) is 1.58. The molecule has 1 unspecified atom stereocenters. The van der Waals surface area contributed by atoms with Gasteiger partial charge in [-0.2, -0.15) is 0 Å². The molecule has 0 amide bonds. The Morgan fingerprint density at radius 2 is 2.25 bits per heavy atom. The highest BCUT2D eigenvalue weighted by atomic mass is 79.9. The zero-order valence-electron chi connectivity index (χ0n) is 9.66. The zero-order chi connectivity index (χ0) is 12.0. The van der Waals surface area contributed by atoms with E-state index in [0.29, 0.717) is 13.2 Å². The number of halogens is 1. The molecule has 90 valence electrons. The van der Waals surface area contributed by atoms with E-state index in [2.05, 4.69) is 46.4 Å². The molecule has 2 N–H and O–H groups in total. The van der Waals surface area contributed by atoms with Crippen molar-refractivity contribution in [2.45, 2.75) is 19.6 Å². The van der Waals surface area contributed by atoms with Gasteiger partial charge in [0.05, 0.1) is 12.7 Å². The predicted octanol–water partition coefficient (Wildman–Crippen LogP) is 1.85. The average molecular weight is 288 g/mol. The summed E-state index contributed by atoms with van der Waals surface area (Å²) in [6.07, 6.45) is -0.450. The van der Waals surface area contributed by atoms with Crippen molar-refractivity contribution in [1.82, 2.24) is 5.32 Å². The van der Waals surface area contributed by atoms with Crippen LogP contribution in [0.15, 0.2) is 22.7 Å². The van der Waals surface area contributed by atoms with E-state index in [9.17, 15) is 5.11 Å². The second kappa shape index (κ2) is 7.01. The first kappa shape index (κ1) is 13.6. The maximum absolute atomic E-state index is 9.44. The van der Waals surface area contributed by atoms with Crippen molar-refractivity contribution in [3.05, 3.63) is 33.8 Å². The molecule has 0 aromatic heterocycles. The third kappa shape index (κ3) is 4.61. The zero-order valence-corrected chi connectivity index (χ0v) is 11.3. The van der Waals surface area contributed by atoms with Crippen LogP contribution >= 0.6 is 15.9 Å². The molecule has 0 heterocycles. The SMILES string of the molecule is COCC(O)CNCc1ccc(C)cc1Br. The van der Waals surface area contributed by atoms with Crippen LogP contribution in [0.2, 0.25) is 0 Å². The van der Waals surface area contributed by atoms with Crippen molar-refractivity contribution in [3.8, 4) is 0 Å². The van der Waals surface area contributed by atoms with E-state index in [0.717, 1.165) is 11.0 Å². The van der Waals surface area contributed by atoms with Crippen LogP contribution in [-0.2, 0) is 11.3 Å². The number of aryl methyl sites for hydroxylation is 1. The number of rotatable bonds is 6. The fraction of sp³-hybridized carbons (Fsp3) is 0.500. The summed E-state index contributed by atoms with van der Waals surface area (Å²) in [5.74, 6) is 0. The topological polar surface area (TPSA) is 41.5 Å². The smallest absolute Gasteiger partial charge is 0.0897 e. The molecule has 0 aliphatic rings. The molecular weight excluding hydrogens is 270 g/mol. The molecule has 16 heavy (non-hydrogen) atoms. The van der Waals surface area contributed by atoms with Gasteiger partial charge in [0.25, 0.3) is 0 Å². The van der Waals surface area contributed by atoms with Crippen LogP contribution in [0.1, 0.15) is 11.1 Å². The standard InChI is InChI=1S/C12H18BrNO2/c1-9-3-4-10(12(13)5-9)6-14-7-11(15)8-16-2/h3-5,11,14-15H,6-8H2,1-2H3. The first-order valence-electron chi connectivity index (χ1n) is 5.26. The number of ether oxygens (including phenoxy) is 1. The van der Waals surface area contributed by atoms with E-state index in [-0.39, 0.29) is 0 Å². The second-order valence-electron chi connectivity index (χ2n) is 3.83. The van der Waals surface area contributed by atoms with Crippen LogP contribution < -0.4 is 5.32 Å². The highest BCUT2D eigenvalue weighted by molar-refractivity contribution is 9.10. The van der Waals surface area contributed by atoms with Crippen molar-refractivity contribution in [3.63, 3.8) is 0 Å². The monoisotopic (exact) mass is 287 g/mol. The lowest BCUT2D eigenvalue weighted by atomic mass is 10.1. The number of aliphatic hydroxyl groups excluding tert-OH is 1. The Kier molecular flexibility index (Phi) is 5.98. The summed E-state index contributed by atoms with van der Waals surface area (Å²) in [5.41, 5.74) is 2.42. The minimum Gasteiger partial charge on any atom is -0.389 e. The Hall–Kier alpha value is -0.420. The Morgan fingerprint density at radius 3 is 2.88 bits per heavy atom. The number of hydrogen-bond acceptors (Lipinski definition) is 3. The quantitative estimate of drug-likeness (QED) is 0.839. The molecule has 1 aromatic rings. The van der Waals surface area contributed by atoms with Gasteiger partial charge in [0, 0.05) is 24.7 Å². The summed E-state index contributed by atoms with van der Waals surface area (Å²) in [5, 5.41) is 12.6. The molecule has 3 nitrogen and oxygen atoms in total. The number of aliphatic hydroxyl groups is 1. The molecule has 0 saturated carbocycles. The highest BCUT2D eigenvalue weighted by Crippen LogP contribution is 2.17. The number of benzene rings is 1. The van der Waals surface area contributed by atoms with Gasteiger partial charge in [-0.3, -0.25) is 0 Å². The van der Waals surface area contributed by atoms with E-state index in [4.69, 9.17) is 4.74 Å². The van der Waals surface area contributed by atoms with E-state index >= 15 is 0 Å². The number of methoxy groups -OCH3 is 1. The number of hydrogen-bond donors (Lipinski definition) is 2. The first-order valence-corrected chi connectivity index (χ1v) is 6.05. The molecule has 0 bridgehead atoms. The summed E-state index contributed by atoms with van der Waals surface area (Å²) >= 11 is 3.52. The minimum absolute atomic E-state index is 0.363. The van der Waals surface area contributed by atoms with Gasteiger partial charge in [-0.1, -0.05) is 28.1 Å². The van der Waals surface area contributed by atoms with Gasteiger partial charge in [0.1, 0.15) is 0 Å². The second-order valence-corrected chi connectivity index (χ2v) is 4.69. The van der Waals surface area contributed by atoms with Crippen molar-refractivity contribution >= 4 is 15.9 Å². The third-order valence-electron chi connectivity index (χ3n) is 2.26. The van der Waals surface area contributed by atoms with Crippen molar-refractivity contribution in [2.75, 3.05) is 20.3 Å². The van der Waals surface area contributed by atoms with Gasteiger partial charge in [0.2, 0.25) is 0 Å². The molecule has 0 aliphatic carbocycles. The predicted molar refractivity (Wildman–Crippen MR) is 68.5 cm³/mol. The molecular formula is C12H18BrNO2. The third-order valence-corrected chi connectivity index (χ3v) is 3.00. The van der Waals surface area contributed by atoms with Crippen LogP contribution in [0.4, 0.5) is 0 Å². The Morgan fingerprint density at radius 1 is 1.50 bits per heavy atom. The van der Waals surface area contributed by atoms with Crippen LogP contribution in [0.25, 0.3) is 0 Å². The summed E-state index contributed by atoms with van der Waals surface area (Å²) in [4.78, 5) is 0. The first-order chi connectivity index (χ1) is 7.63. The normalized spacial score (nSPS) is 12.8. The van der Waals surface area contributed by atoms with E-state index < -0.39 is 6.10 Å². The molecule has 1 rings (SSSR count). The fourth-order valence-electron chi connectivity index (χ4n) is 1.42. The van der Waals surface area contributed by atoms with Crippen molar-refractivity contribution in [1.29, 1.82) is 0 Å². The Balaban J connectivity index is 2.37. The summed E-state index contributed by atoms with van der Waals surface area (Å²) < 4.78 is 5.94. The summed E-state index contributed by atoms with van der Waals surface area (Å²) in [6, 6.07) is 6.24. The highest BCUT2D eigenvalue weighted by Gasteiger charge is 2.04. The maximum atomic E-state index is 9.44. The lowest BCUT2D eigenvalue weighted by molar-refractivity contribution is 0.0644. The summed E-state index contributed by atoms with van der Waals surface area (Å²) in [6.45, 7) is 3.70. The van der Waals surface area contributed by atoms with E-state index in [1.165, 1.54) is 11.1 Å². The van der Waals surface area contributed by atoms with Crippen LogP contribution in [0.3, 0.4) is 0 Å². The maximum Gasteiger partial charge on any atom is 0.0897 e. The van der Waals surface area contributed by atoms with Gasteiger partial charge in [-0.25, -0.2) is 0 Å². The minimum atomic E-state index is -0.450. The van der Waals surface area contributed by atoms with Crippen molar-refractivity contribution < 1.29 is 9.84 Å².